The lowest BCUT2D eigenvalue weighted by Gasteiger charge is -2.44. The van der Waals surface area contributed by atoms with Crippen LogP contribution in [0.4, 0.5) is 34.1 Å². The fourth-order valence-electron chi connectivity index (χ4n) is 10.8. The van der Waals surface area contributed by atoms with Crippen molar-refractivity contribution in [1.82, 2.24) is 0 Å². The maximum Gasteiger partial charge on any atom is 0.297 e. The highest BCUT2D eigenvalue weighted by Gasteiger charge is 2.48. The molecule has 0 unspecified atom stereocenters. The number of fused-ring (bicyclic) bond motifs is 8. The van der Waals surface area contributed by atoms with Crippen LogP contribution >= 0.6 is 0 Å². The molecule has 0 amide bonds. The van der Waals surface area contributed by atoms with Gasteiger partial charge in [-0.2, -0.15) is 0 Å². The summed E-state index contributed by atoms with van der Waals surface area (Å²) in [6.07, 6.45) is 0. The summed E-state index contributed by atoms with van der Waals surface area (Å²) in [4.78, 5) is 5.06. The minimum Gasteiger partial charge on any atom is -0.468 e. The molecule has 6 heteroatoms. The summed E-state index contributed by atoms with van der Waals surface area (Å²) >= 11 is 0. The highest BCUT2D eigenvalue weighted by molar-refractivity contribution is 7.00. The SMILES string of the molecule is Cc1cc(C(C)(C)C)cc(C)c1N1c2cc(C(C)(C)C)cc3c2B(c2cc(-c4cc5ccccc5o4)ccc2N3c2ccc(-c3cc4ccccc4o3)cc2)c2oc3ccc(C(C)(C)C)cc3c21. The number of para-hydroxylation sites is 2. The Bertz CT molecular complexity index is 3590. The number of furan rings is 3. The van der Waals surface area contributed by atoms with Crippen LogP contribution < -0.4 is 26.4 Å². The van der Waals surface area contributed by atoms with E-state index in [9.17, 15) is 0 Å². The van der Waals surface area contributed by atoms with Gasteiger partial charge in [-0.05, 0) is 154 Å². The van der Waals surface area contributed by atoms with E-state index in [1.54, 1.807) is 0 Å². The molecule has 12 rings (SSSR count). The predicted octanol–water partition coefficient (Wildman–Crippen LogP) is 15.9. The number of hydrogen-bond donors (Lipinski definition) is 0. The van der Waals surface area contributed by atoms with Crippen LogP contribution in [0.2, 0.25) is 0 Å². The minimum atomic E-state index is -0.231. The largest absolute Gasteiger partial charge is 0.468 e. The van der Waals surface area contributed by atoms with Crippen LogP contribution in [0, 0.1) is 13.8 Å². The average Bonchev–Trinajstić information content (AvgIpc) is 4.04. The topological polar surface area (TPSA) is 45.9 Å². The zero-order chi connectivity index (χ0) is 47.2. The van der Waals surface area contributed by atoms with Gasteiger partial charge in [0.2, 0.25) is 0 Å². The molecule has 0 atom stereocenters. The normalized spacial score (nSPS) is 13.7. The van der Waals surface area contributed by atoms with E-state index in [1.165, 1.54) is 44.7 Å². The fraction of sp³-hybridized carbons (Fsp3) is 0.226. The van der Waals surface area contributed by atoms with Crippen molar-refractivity contribution in [3.63, 3.8) is 0 Å². The second kappa shape index (κ2) is 14.7. The van der Waals surface area contributed by atoms with Crippen LogP contribution in [-0.2, 0) is 16.2 Å². The first-order valence-corrected chi connectivity index (χ1v) is 24.1. The van der Waals surface area contributed by atoms with Gasteiger partial charge in [-0.1, -0.05) is 123 Å². The monoisotopic (exact) mass is 888 g/mol. The molecule has 2 aliphatic rings. The van der Waals surface area contributed by atoms with Crippen molar-refractivity contribution in [2.75, 3.05) is 9.80 Å². The molecule has 10 aromatic rings. The third-order valence-corrected chi connectivity index (χ3v) is 14.5. The zero-order valence-corrected chi connectivity index (χ0v) is 41.1. The molecular weight excluding hydrogens is 832 g/mol. The fourth-order valence-corrected chi connectivity index (χ4v) is 10.8. The van der Waals surface area contributed by atoms with E-state index in [0.29, 0.717) is 0 Å². The van der Waals surface area contributed by atoms with Gasteiger partial charge in [0.15, 0.2) is 0 Å². The van der Waals surface area contributed by atoms with E-state index < -0.39 is 0 Å². The van der Waals surface area contributed by atoms with Gasteiger partial charge in [-0.15, -0.1) is 0 Å². The number of hydrogen-bond acceptors (Lipinski definition) is 5. The standard InChI is InChI=1S/C62H57BN2O3/c1-36-28-43(61(6,7)8)29-37(2)57(36)65-50-35-44(62(9,10)11)34-49-56(50)63(59-58(65)46-33-42(60(3,4)5)23-27-53(46)68-59)47-30-41(55-32-40-17-13-15-19-52(40)67-55)22-26-48(47)64(49)45-24-20-38(21-25-45)54-31-39-16-12-14-18-51(39)66-54/h12-35H,1-11H3. The van der Waals surface area contributed by atoms with E-state index in [2.05, 4.69) is 207 Å². The number of rotatable bonds is 4. The molecule has 336 valence electrons. The van der Waals surface area contributed by atoms with Crippen molar-refractivity contribution in [3.8, 4) is 22.6 Å². The summed E-state index contributed by atoms with van der Waals surface area (Å²) in [5, 5.41) is 3.30. The molecule has 0 aliphatic carbocycles. The lowest BCUT2D eigenvalue weighted by Crippen LogP contribution is -2.61. The van der Waals surface area contributed by atoms with Crippen LogP contribution in [0.15, 0.2) is 159 Å². The van der Waals surface area contributed by atoms with Gasteiger partial charge in [0, 0.05) is 50.0 Å². The Morgan fingerprint density at radius 2 is 0.971 bits per heavy atom. The van der Waals surface area contributed by atoms with Gasteiger partial charge in [0.1, 0.15) is 28.3 Å². The molecule has 0 spiro atoms. The Hall–Kier alpha value is -7.18. The van der Waals surface area contributed by atoms with Crippen LogP contribution in [-0.4, -0.2) is 6.71 Å². The molecule has 0 bridgehead atoms. The van der Waals surface area contributed by atoms with Crippen molar-refractivity contribution >= 4 is 90.3 Å². The molecule has 68 heavy (non-hydrogen) atoms. The lowest BCUT2D eigenvalue weighted by molar-refractivity contribution is 0.589. The predicted molar refractivity (Wildman–Crippen MR) is 286 cm³/mol. The highest BCUT2D eigenvalue weighted by atomic mass is 16.3. The molecule has 0 saturated carbocycles. The lowest BCUT2D eigenvalue weighted by atomic mass is 9.35. The molecule has 5 heterocycles. The van der Waals surface area contributed by atoms with Gasteiger partial charge in [0.05, 0.1) is 17.0 Å². The van der Waals surface area contributed by atoms with Crippen LogP contribution in [0.3, 0.4) is 0 Å². The molecule has 7 aromatic carbocycles. The second-order valence-electron chi connectivity index (χ2n) is 22.4. The third kappa shape index (κ3) is 6.59. The maximum absolute atomic E-state index is 7.40. The van der Waals surface area contributed by atoms with Crippen molar-refractivity contribution in [1.29, 1.82) is 0 Å². The van der Waals surface area contributed by atoms with Gasteiger partial charge in [-0.3, -0.25) is 0 Å². The first-order chi connectivity index (χ1) is 32.4. The summed E-state index contributed by atoms with van der Waals surface area (Å²) in [6, 6.07) is 53.1. The van der Waals surface area contributed by atoms with Crippen LogP contribution in [0.5, 0.6) is 0 Å². The first kappa shape index (κ1) is 42.2. The molecular formula is C62H57BN2O3. The Balaban J connectivity index is 1.17. The van der Waals surface area contributed by atoms with E-state index in [-0.39, 0.29) is 23.0 Å². The first-order valence-electron chi connectivity index (χ1n) is 24.1. The smallest absolute Gasteiger partial charge is 0.297 e. The summed E-state index contributed by atoms with van der Waals surface area (Å²) in [5.41, 5.74) is 20.9. The van der Waals surface area contributed by atoms with E-state index in [0.717, 1.165) is 89.4 Å². The summed E-state index contributed by atoms with van der Waals surface area (Å²) in [7, 11) is 0. The number of benzene rings is 7. The minimum absolute atomic E-state index is 0.0107. The van der Waals surface area contributed by atoms with Crippen LogP contribution in [0.1, 0.15) is 90.1 Å². The molecule has 0 N–H and O–H groups in total. The third-order valence-electron chi connectivity index (χ3n) is 14.5. The molecule has 0 saturated heterocycles. The summed E-state index contributed by atoms with van der Waals surface area (Å²) in [6.45, 7) is 25.1. The van der Waals surface area contributed by atoms with E-state index in [4.69, 9.17) is 13.3 Å². The Morgan fingerprint density at radius 1 is 0.426 bits per heavy atom. The van der Waals surface area contributed by atoms with Gasteiger partial charge in [-0.25, -0.2) is 0 Å². The Morgan fingerprint density at radius 3 is 1.56 bits per heavy atom. The molecule has 0 fully saturated rings. The molecule has 3 aromatic heterocycles. The maximum atomic E-state index is 7.40. The van der Waals surface area contributed by atoms with Crippen molar-refractivity contribution < 1.29 is 13.3 Å². The van der Waals surface area contributed by atoms with Gasteiger partial charge < -0.3 is 23.1 Å². The van der Waals surface area contributed by atoms with Crippen LogP contribution in [0.25, 0.3) is 55.6 Å². The van der Waals surface area contributed by atoms with Gasteiger partial charge in [0.25, 0.3) is 6.71 Å². The highest BCUT2D eigenvalue weighted by Crippen LogP contribution is 2.51. The molecule has 2 aliphatic heterocycles. The summed E-state index contributed by atoms with van der Waals surface area (Å²) in [5.74, 6) is 1.69. The molecule has 0 radical (unpaired) electrons. The Labute approximate surface area is 400 Å². The average molecular weight is 889 g/mol. The van der Waals surface area contributed by atoms with E-state index >= 15 is 0 Å². The van der Waals surface area contributed by atoms with Crippen molar-refractivity contribution in [2.45, 2.75) is 92.4 Å². The van der Waals surface area contributed by atoms with Crippen molar-refractivity contribution in [3.05, 3.63) is 173 Å². The van der Waals surface area contributed by atoms with Crippen molar-refractivity contribution in [2.24, 2.45) is 0 Å². The molecule has 5 nitrogen and oxygen atoms in total. The zero-order valence-electron chi connectivity index (χ0n) is 41.1. The quantitative estimate of drug-likeness (QED) is 0.165. The second-order valence-corrected chi connectivity index (χ2v) is 22.4. The van der Waals surface area contributed by atoms with Gasteiger partial charge >= 0.3 is 0 Å². The number of anilines is 6. The number of aryl methyl sites for hydroxylation is 2. The summed E-state index contributed by atoms with van der Waals surface area (Å²) < 4.78 is 20.4. The Kier molecular flexibility index (Phi) is 9.10. The number of nitrogens with zero attached hydrogens (tertiary/aromatic N) is 2. The van der Waals surface area contributed by atoms with E-state index in [1.807, 2.05) is 24.3 Å².